The van der Waals surface area contributed by atoms with Gasteiger partial charge >= 0.3 is 0 Å². The second kappa shape index (κ2) is 9.07. The maximum Gasteiger partial charge on any atom is 0.289 e. The summed E-state index contributed by atoms with van der Waals surface area (Å²) in [5.41, 5.74) is 0.926. The van der Waals surface area contributed by atoms with Crippen molar-refractivity contribution < 1.29 is 14.6 Å². The van der Waals surface area contributed by atoms with Gasteiger partial charge in [0.1, 0.15) is 6.10 Å². The van der Waals surface area contributed by atoms with E-state index in [4.69, 9.17) is 4.74 Å². The summed E-state index contributed by atoms with van der Waals surface area (Å²) in [6.45, 7) is 7.75. The van der Waals surface area contributed by atoms with Crippen molar-refractivity contribution in [1.29, 1.82) is 0 Å². The van der Waals surface area contributed by atoms with Crippen LogP contribution in [0, 0.1) is 5.92 Å². The number of carbonyl (C=O) groups is 1. The molecule has 1 aromatic heterocycles. The summed E-state index contributed by atoms with van der Waals surface area (Å²) in [4.78, 5) is 19.6. The normalized spacial score (nSPS) is 15.7. The SMILES string of the molecule is C=CC(OC)[C@@H](O)[C@H](C)/C=C(/C)CNC(=O)c1ncccn1. The molecule has 0 aliphatic heterocycles. The molecule has 1 amide bonds. The van der Waals surface area contributed by atoms with Crippen LogP contribution in [0.25, 0.3) is 0 Å². The fourth-order valence-electron chi connectivity index (χ4n) is 2.00. The van der Waals surface area contributed by atoms with Crippen LogP contribution in [0.5, 0.6) is 0 Å². The molecule has 1 unspecified atom stereocenters. The summed E-state index contributed by atoms with van der Waals surface area (Å²) in [6.07, 6.45) is 5.38. The minimum absolute atomic E-state index is 0.132. The van der Waals surface area contributed by atoms with E-state index in [1.165, 1.54) is 19.5 Å². The van der Waals surface area contributed by atoms with Crippen molar-refractivity contribution in [3.05, 3.63) is 48.6 Å². The number of aromatic nitrogens is 2. The van der Waals surface area contributed by atoms with E-state index in [1.807, 2.05) is 19.9 Å². The summed E-state index contributed by atoms with van der Waals surface area (Å²) >= 11 is 0. The molecule has 0 bridgehead atoms. The number of ether oxygens (including phenoxy) is 1. The number of methoxy groups -OCH3 is 1. The quantitative estimate of drug-likeness (QED) is 0.708. The summed E-state index contributed by atoms with van der Waals surface area (Å²) in [5.74, 6) is -0.329. The number of nitrogens with one attached hydrogen (secondary N) is 1. The molecular formula is C16H23N3O3. The van der Waals surface area contributed by atoms with Crippen molar-refractivity contribution >= 4 is 5.91 Å². The zero-order valence-corrected chi connectivity index (χ0v) is 13.2. The Morgan fingerprint density at radius 2 is 2.14 bits per heavy atom. The van der Waals surface area contributed by atoms with Crippen molar-refractivity contribution in [2.75, 3.05) is 13.7 Å². The summed E-state index contributed by atoms with van der Waals surface area (Å²) in [5, 5.41) is 12.9. The minimum atomic E-state index is -0.689. The van der Waals surface area contributed by atoms with Gasteiger partial charge in [0.25, 0.3) is 5.91 Å². The maximum absolute atomic E-state index is 11.8. The van der Waals surface area contributed by atoms with Gasteiger partial charge in [-0.1, -0.05) is 24.6 Å². The van der Waals surface area contributed by atoms with Crippen molar-refractivity contribution in [3.8, 4) is 0 Å². The highest BCUT2D eigenvalue weighted by molar-refractivity contribution is 5.90. The predicted octanol–water partition coefficient (Wildman–Crippen LogP) is 1.35. The molecular weight excluding hydrogens is 282 g/mol. The molecule has 0 aliphatic carbocycles. The van der Waals surface area contributed by atoms with Crippen molar-refractivity contribution in [2.45, 2.75) is 26.1 Å². The van der Waals surface area contributed by atoms with Crippen LogP contribution in [0.3, 0.4) is 0 Å². The molecule has 0 spiro atoms. The molecule has 1 rings (SSSR count). The van der Waals surface area contributed by atoms with E-state index in [9.17, 15) is 9.90 Å². The highest BCUT2D eigenvalue weighted by Gasteiger charge is 2.20. The van der Waals surface area contributed by atoms with E-state index >= 15 is 0 Å². The molecule has 0 fully saturated rings. The zero-order valence-electron chi connectivity index (χ0n) is 13.2. The molecule has 0 saturated carbocycles. The summed E-state index contributed by atoms with van der Waals surface area (Å²) in [7, 11) is 1.53. The van der Waals surface area contributed by atoms with Crippen LogP contribution in [0.15, 0.2) is 42.8 Å². The largest absolute Gasteiger partial charge is 0.389 e. The van der Waals surface area contributed by atoms with E-state index in [2.05, 4.69) is 21.9 Å². The molecule has 22 heavy (non-hydrogen) atoms. The van der Waals surface area contributed by atoms with Crippen LogP contribution in [-0.4, -0.2) is 46.8 Å². The number of hydrogen-bond donors (Lipinski definition) is 2. The first kappa shape index (κ1) is 18.0. The number of aliphatic hydroxyl groups excluding tert-OH is 1. The number of aliphatic hydroxyl groups is 1. The van der Waals surface area contributed by atoms with Gasteiger partial charge < -0.3 is 15.2 Å². The van der Waals surface area contributed by atoms with Crippen LogP contribution in [-0.2, 0) is 4.74 Å². The Morgan fingerprint density at radius 3 is 2.68 bits per heavy atom. The molecule has 0 aromatic carbocycles. The third-order valence-electron chi connectivity index (χ3n) is 3.22. The first-order chi connectivity index (χ1) is 10.5. The van der Waals surface area contributed by atoms with E-state index in [1.54, 1.807) is 12.1 Å². The minimum Gasteiger partial charge on any atom is -0.389 e. The smallest absolute Gasteiger partial charge is 0.289 e. The highest BCUT2D eigenvalue weighted by atomic mass is 16.5. The zero-order chi connectivity index (χ0) is 16.5. The Morgan fingerprint density at radius 1 is 1.50 bits per heavy atom. The van der Waals surface area contributed by atoms with Gasteiger partial charge in [0.2, 0.25) is 5.82 Å². The summed E-state index contributed by atoms with van der Waals surface area (Å²) < 4.78 is 5.14. The molecule has 0 aliphatic rings. The molecule has 6 heteroatoms. The number of rotatable bonds is 8. The molecule has 120 valence electrons. The van der Waals surface area contributed by atoms with Gasteiger partial charge in [-0.15, -0.1) is 6.58 Å². The Balaban J connectivity index is 2.55. The van der Waals surface area contributed by atoms with Gasteiger partial charge in [0.15, 0.2) is 0 Å². The van der Waals surface area contributed by atoms with Crippen LogP contribution >= 0.6 is 0 Å². The van der Waals surface area contributed by atoms with Crippen LogP contribution in [0.1, 0.15) is 24.5 Å². The predicted molar refractivity (Wildman–Crippen MR) is 84.3 cm³/mol. The second-order valence-electron chi connectivity index (χ2n) is 5.05. The first-order valence-corrected chi connectivity index (χ1v) is 7.05. The second-order valence-corrected chi connectivity index (χ2v) is 5.05. The van der Waals surface area contributed by atoms with Gasteiger partial charge in [0, 0.05) is 32.0 Å². The van der Waals surface area contributed by atoms with Crippen LogP contribution in [0.4, 0.5) is 0 Å². The highest BCUT2D eigenvalue weighted by Crippen LogP contribution is 2.14. The molecule has 1 heterocycles. The number of nitrogens with zero attached hydrogens (tertiary/aromatic N) is 2. The molecule has 3 atom stereocenters. The third-order valence-corrected chi connectivity index (χ3v) is 3.22. The van der Waals surface area contributed by atoms with Gasteiger partial charge in [-0.3, -0.25) is 4.79 Å². The van der Waals surface area contributed by atoms with Crippen LogP contribution < -0.4 is 5.32 Å². The average molecular weight is 305 g/mol. The number of carbonyl (C=O) groups excluding carboxylic acids is 1. The first-order valence-electron chi connectivity index (χ1n) is 7.05. The molecule has 2 N–H and O–H groups in total. The lowest BCUT2D eigenvalue weighted by Crippen LogP contribution is -2.32. The summed E-state index contributed by atoms with van der Waals surface area (Å²) in [6, 6.07) is 1.65. The standard InChI is InChI=1S/C16H23N3O3/c1-5-13(22-4)14(20)12(3)9-11(2)10-19-16(21)15-17-7-6-8-18-15/h5-9,12-14,20H,1,10H2,2-4H3,(H,19,21)/b11-9-/t12-,13?,14+/m1/s1. The van der Waals surface area contributed by atoms with Gasteiger partial charge in [0.05, 0.1) is 6.10 Å². The maximum atomic E-state index is 11.8. The van der Waals surface area contributed by atoms with Crippen LogP contribution in [0.2, 0.25) is 0 Å². The fraction of sp³-hybridized carbons (Fsp3) is 0.438. The van der Waals surface area contributed by atoms with Crippen molar-refractivity contribution in [1.82, 2.24) is 15.3 Å². The van der Waals surface area contributed by atoms with Gasteiger partial charge in [-0.25, -0.2) is 9.97 Å². The topological polar surface area (TPSA) is 84.3 Å². The van der Waals surface area contributed by atoms with Crippen molar-refractivity contribution in [3.63, 3.8) is 0 Å². The molecule has 0 radical (unpaired) electrons. The van der Waals surface area contributed by atoms with Gasteiger partial charge in [-0.2, -0.15) is 0 Å². The fourth-order valence-corrected chi connectivity index (χ4v) is 2.00. The monoisotopic (exact) mass is 305 g/mol. The van der Waals surface area contributed by atoms with E-state index < -0.39 is 12.2 Å². The Hall–Kier alpha value is -2.05. The Labute approximate surface area is 130 Å². The third kappa shape index (κ3) is 5.38. The lowest BCUT2D eigenvalue weighted by atomic mass is 9.97. The average Bonchev–Trinajstić information content (AvgIpc) is 2.54. The molecule has 1 aromatic rings. The van der Waals surface area contributed by atoms with E-state index in [0.29, 0.717) is 6.54 Å². The molecule has 0 saturated heterocycles. The lowest BCUT2D eigenvalue weighted by Gasteiger charge is -2.22. The Bertz CT molecular complexity index is 517. The number of hydrogen-bond acceptors (Lipinski definition) is 5. The Kier molecular flexibility index (Phi) is 7.42. The van der Waals surface area contributed by atoms with Crippen molar-refractivity contribution in [2.24, 2.45) is 5.92 Å². The number of amides is 1. The lowest BCUT2D eigenvalue weighted by molar-refractivity contribution is -0.00153. The van der Waals surface area contributed by atoms with E-state index in [0.717, 1.165) is 5.57 Å². The molecule has 6 nitrogen and oxygen atoms in total. The van der Waals surface area contributed by atoms with Gasteiger partial charge in [-0.05, 0) is 13.0 Å². The van der Waals surface area contributed by atoms with E-state index in [-0.39, 0.29) is 17.6 Å².